The zero-order valence-electron chi connectivity index (χ0n) is 15.6. The summed E-state index contributed by atoms with van der Waals surface area (Å²) in [5, 5.41) is 3.00. The molecule has 0 radical (unpaired) electrons. The molecule has 27 heavy (non-hydrogen) atoms. The van der Waals surface area contributed by atoms with Crippen molar-refractivity contribution in [2.45, 2.75) is 25.7 Å². The molecule has 3 heteroatoms. The summed E-state index contributed by atoms with van der Waals surface area (Å²) in [6.45, 7) is 2.77. The molecular formula is C24H25NO2. The van der Waals surface area contributed by atoms with Crippen molar-refractivity contribution >= 4 is 11.6 Å². The zero-order valence-corrected chi connectivity index (χ0v) is 15.6. The van der Waals surface area contributed by atoms with Crippen LogP contribution in [0.1, 0.15) is 36.8 Å². The average Bonchev–Trinajstić information content (AvgIpc) is 2.73. The quantitative estimate of drug-likeness (QED) is 0.565. The fraction of sp³-hybridized carbons (Fsp3) is 0.208. The molecule has 0 aliphatic rings. The van der Waals surface area contributed by atoms with Crippen LogP contribution in [-0.2, 0) is 4.79 Å². The molecule has 3 nitrogen and oxygen atoms in total. The lowest BCUT2D eigenvalue weighted by atomic mass is 9.88. The van der Waals surface area contributed by atoms with Crippen molar-refractivity contribution in [3.8, 4) is 5.75 Å². The summed E-state index contributed by atoms with van der Waals surface area (Å²) >= 11 is 0. The Hall–Kier alpha value is -3.07. The summed E-state index contributed by atoms with van der Waals surface area (Å²) in [6, 6.07) is 27.9. The molecule has 0 spiro atoms. The summed E-state index contributed by atoms with van der Waals surface area (Å²) in [6.07, 6.45) is 1.36. The molecule has 3 rings (SSSR count). The van der Waals surface area contributed by atoms with Gasteiger partial charge in [0.15, 0.2) is 0 Å². The predicted molar refractivity (Wildman–Crippen MR) is 110 cm³/mol. The molecule has 0 aliphatic heterocycles. The van der Waals surface area contributed by atoms with Crippen LogP contribution in [0.5, 0.6) is 5.75 Å². The number of amides is 1. The third-order valence-corrected chi connectivity index (χ3v) is 4.40. The molecular weight excluding hydrogens is 334 g/mol. The topological polar surface area (TPSA) is 38.3 Å². The van der Waals surface area contributed by atoms with E-state index in [2.05, 4.69) is 36.5 Å². The van der Waals surface area contributed by atoms with Gasteiger partial charge in [0.25, 0.3) is 0 Å². The number of ether oxygens (including phenoxy) is 1. The molecule has 1 N–H and O–H groups in total. The Labute approximate surface area is 161 Å². The zero-order chi connectivity index (χ0) is 18.9. The highest BCUT2D eigenvalue weighted by atomic mass is 16.5. The van der Waals surface area contributed by atoms with Gasteiger partial charge in [0.1, 0.15) is 5.75 Å². The van der Waals surface area contributed by atoms with Crippen LogP contribution in [-0.4, -0.2) is 12.5 Å². The standard InChI is InChI=1S/C24H25NO2/c1-2-17-27-22-15-13-21(14-16-22)25-24(26)18-23(19-9-5-3-6-10-19)20-11-7-4-8-12-20/h3-16,23H,2,17-18H2,1H3,(H,25,26). The van der Waals surface area contributed by atoms with Crippen molar-refractivity contribution in [2.24, 2.45) is 0 Å². The maximum atomic E-state index is 12.7. The highest BCUT2D eigenvalue weighted by Crippen LogP contribution is 2.28. The van der Waals surface area contributed by atoms with E-state index in [1.165, 1.54) is 0 Å². The number of rotatable bonds is 8. The van der Waals surface area contributed by atoms with Gasteiger partial charge in [-0.2, -0.15) is 0 Å². The molecule has 0 saturated heterocycles. The second kappa shape index (κ2) is 9.58. The minimum atomic E-state index is -0.00469. The van der Waals surface area contributed by atoms with Gasteiger partial charge in [0.2, 0.25) is 5.91 Å². The largest absolute Gasteiger partial charge is 0.494 e. The minimum absolute atomic E-state index is 0.00469. The molecule has 0 bridgehead atoms. The molecule has 0 saturated carbocycles. The lowest BCUT2D eigenvalue weighted by Gasteiger charge is -2.18. The van der Waals surface area contributed by atoms with Crippen LogP contribution in [0.4, 0.5) is 5.69 Å². The Morgan fingerprint density at radius 2 is 1.41 bits per heavy atom. The van der Waals surface area contributed by atoms with Gasteiger partial charge in [-0.15, -0.1) is 0 Å². The monoisotopic (exact) mass is 359 g/mol. The van der Waals surface area contributed by atoms with Gasteiger partial charge in [0.05, 0.1) is 6.61 Å². The maximum absolute atomic E-state index is 12.7. The van der Waals surface area contributed by atoms with Gasteiger partial charge in [-0.1, -0.05) is 67.6 Å². The number of nitrogens with one attached hydrogen (secondary N) is 1. The molecule has 3 aromatic rings. The van der Waals surface area contributed by atoms with Crippen molar-refractivity contribution in [3.63, 3.8) is 0 Å². The summed E-state index contributed by atoms with van der Waals surface area (Å²) in [4.78, 5) is 12.7. The van der Waals surface area contributed by atoms with Crippen molar-refractivity contribution in [2.75, 3.05) is 11.9 Å². The Kier molecular flexibility index (Phi) is 6.64. The van der Waals surface area contributed by atoms with Crippen LogP contribution in [0.3, 0.4) is 0 Å². The molecule has 138 valence electrons. The van der Waals surface area contributed by atoms with E-state index in [-0.39, 0.29) is 11.8 Å². The summed E-state index contributed by atoms with van der Waals surface area (Å²) in [7, 11) is 0. The summed E-state index contributed by atoms with van der Waals surface area (Å²) in [5.41, 5.74) is 3.06. The van der Waals surface area contributed by atoms with Crippen LogP contribution in [0.15, 0.2) is 84.9 Å². The highest BCUT2D eigenvalue weighted by molar-refractivity contribution is 5.91. The van der Waals surface area contributed by atoms with Gasteiger partial charge in [0, 0.05) is 18.0 Å². The number of anilines is 1. The van der Waals surface area contributed by atoms with E-state index in [0.717, 1.165) is 29.0 Å². The van der Waals surface area contributed by atoms with Gasteiger partial charge in [-0.05, 0) is 41.8 Å². The number of carbonyl (C=O) groups is 1. The van der Waals surface area contributed by atoms with Gasteiger partial charge in [-0.25, -0.2) is 0 Å². The van der Waals surface area contributed by atoms with Crippen LogP contribution >= 0.6 is 0 Å². The lowest BCUT2D eigenvalue weighted by Crippen LogP contribution is -2.16. The first kappa shape index (κ1) is 18.7. The van der Waals surface area contributed by atoms with Crippen LogP contribution in [0, 0.1) is 0 Å². The van der Waals surface area contributed by atoms with Gasteiger partial charge < -0.3 is 10.1 Å². The molecule has 0 unspecified atom stereocenters. The third-order valence-electron chi connectivity index (χ3n) is 4.40. The summed E-state index contributed by atoms with van der Waals surface area (Å²) < 4.78 is 5.58. The van der Waals surface area contributed by atoms with Crippen LogP contribution in [0.2, 0.25) is 0 Å². The first-order valence-corrected chi connectivity index (χ1v) is 9.39. The molecule has 0 fully saturated rings. The van der Waals surface area contributed by atoms with Crippen molar-refractivity contribution < 1.29 is 9.53 Å². The fourth-order valence-electron chi connectivity index (χ4n) is 3.05. The normalized spacial score (nSPS) is 10.6. The third kappa shape index (κ3) is 5.45. The molecule has 0 aliphatic carbocycles. The predicted octanol–water partition coefficient (Wildman–Crippen LogP) is 5.64. The Balaban J connectivity index is 1.69. The molecule has 3 aromatic carbocycles. The van der Waals surface area contributed by atoms with E-state index >= 15 is 0 Å². The fourth-order valence-corrected chi connectivity index (χ4v) is 3.05. The number of hydrogen-bond donors (Lipinski definition) is 1. The number of hydrogen-bond acceptors (Lipinski definition) is 2. The molecule has 1 amide bonds. The second-order valence-corrected chi connectivity index (χ2v) is 6.50. The van der Waals surface area contributed by atoms with E-state index < -0.39 is 0 Å². The Bertz CT molecular complexity index is 790. The number of carbonyl (C=O) groups excluding carboxylic acids is 1. The van der Waals surface area contributed by atoms with Crippen molar-refractivity contribution in [3.05, 3.63) is 96.1 Å². The van der Waals surface area contributed by atoms with Gasteiger partial charge in [-0.3, -0.25) is 4.79 Å². The van der Waals surface area contributed by atoms with Gasteiger partial charge >= 0.3 is 0 Å². The van der Waals surface area contributed by atoms with Crippen LogP contribution in [0.25, 0.3) is 0 Å². The van der Waals surface area contributed by atoms with Crippen molar-refractivity contribution in [1.29, 1.82) is 0 Å². The lowest BCUT2D eigenvalue weighted by molar-refractivity contribution is -0.116. The van der Waals surface area contributed by atoms with E-state index in [1.54, 1.807) is 0 Å². The van der Waals surface area contributed by atoms with E-state index in [1.807, 2.05) is 60.7 Å². The van der Waals surface area contributed by atoms with Crippen molar-refractivity contribution in [1.82, 2.24) is 0 Å². The first-order chi connectivity index (χ1) is 13.3. The number of benzene rings is 3. The minimum Gasteiger partial charge on any atom is -0.494 e. The molecule has 0 aromatic heterocycles. The van der Waals surface area contributed by atoms with E-state index in [9.17, 15) is 4.79 Å². The average molecular weight is 359 g/mol. The molecule has 0 atom stereocenters. The SMILES string of the molecule is CCCOc1ccc(NC(=O)CC(c2ccccc2)c2ccccc2)cc1. The first-order valence-electron chi connectivity index (χ1n) is 9.39. The van der Waals surface area contributed by atoms with E-state index in [4.69, 9.17) is 4.74 Å². The van der Waals surface area contributed by atoms with E-state index in [0.29, 0.717) is 13.0 Å². The Morgan fingerprint density at radius 1 is 0.852 bits per heavy atom. The Morgan fingerprint density at radius 3 is 1.93 bits per heavy atom. The summed E-state index contributed by atoms with van der Waals surface area (Å²) in [5.74, 6) is 0.843. The molecule has 0 heterocycles. The second-order valence-electron chi connectivity index (χ2n) is 6.50. The highest BCUT2D eigenvalue weighted by Gasteiger charge is 2.18. The maximum Gasteiger partial charge on any atom is 0.225 e. The smallest absolute Gasteiger partial charge is 0.225 e. The van der Waals surface area contributed by atoms with Crippen LogP contribution < -0.4 is 10.1 Å².